The van der Waals surface area contributed by atoms with Crippen LogP contribution in [0.4, 0.5) is 15.9 Å². The van der Waals surface area contributed by atoms with Gasteiger partial charge < -0.3 is 10.2 Å². The van der Waals surface area contributed by atoms with E-state index in [1.165, 1.54) is 29.9 Å². The number of benzene rings is 1. The van der Waals surface area contributed by atoms with Crippen molar-refractivity contribution < 1.29 is 9.18 Å². The van der Waals surface area contributed by atoms with E-state index in [-0.39, 0.29) is 11.7 Å². The molecule has 7 heteroatoms. The van der Waals surface area contributed by atoms with Gasteiger partial charge >= 0.3 is 0 Å². The van der Waals surface area contributed by atoms with Crippen LogP contribution in [0.5, 0.6) is 0 Å². The van der Waals surface area contributed by atoms with Crippen molar-refractivity contribution in [3.8, 4) is 0 Å². The molecular weight excluding hydrogens is 363 g/mol. The first-order valence-electron chi connectivity index (χ1n) is 9.11. The van der Waals surface area contributed by atoms with Crippen LogP contribution in [0.3, 0.4) is 0 Å². The maximum atomic E-state index is 13.4. The van der Waals surface area contributed by atoms with Crippen molar-refractivity contribution in [2.75, 3.05) is 23.3 Å². The Hall–Kier alpha value is -2.54. The number of amides is 1. The van der Waals surface area contributed by atoms with Gasteiger partial charge in [0.05, 0.1) is 10.9 Å². The van der Waals surface area contributed by atoms with Crippen LogP contribution < -0.4 is 10.2 Å². The van der Waals surface area contributed by atoms with E-state index in [0.29, 0.717) is 16.8 Å². The van der Waals surface area contributed by atoms with Gasteiger partial charge in [-0.25, -0.2) is 14.4 Å². The quantitative estimate of drug-likeness (QED) is 0.712. The van der Waals surface area contributed by atoms with Crippen LogP contribution in [-0.2, 0) is 0 Å². The fourth-order valence-electron chi connectivity index (χ4n) is 3.60. The van der Waals surface area contributed by atoms with Crippen LogP contribution in [-0.4, -0.2) is 29.0 Å². The van der Waals surface area contributed by atoms with Crippen molar-refractivity contribution in [1.29, 1.82) is 0 Å². The first kappa shape index (κ1) is 17.9. The number of thiophene rings is 1. The highest BCUT2D eigenvalue weighted by Gasteiger charge is 2.24. The first-order chi connectivity index (χ1) is 13.0. The number of rotatable bonds is 3. The summed E-state index contributed by atoms with van der Waals surface area (Å²) in [6.07, 6.45) is 5.06. The minimum Gasteiger partial charge on any atom is -0.356 e. The van der Waals surface area contributed by atoms with Gasteiger partial charge in [0.15, 0.2) is 0 Å². The van der Waals surface area contributed by atoms with Crippen molar-refractivity contribution >= 4 is 39.0 Å². The molecule has 2 aromatic heterocycles. The number of hydrogen-bond acceptors (Lipinski definition) is 5. The number of carbonyl (C=O) groups is 1. The minimum atomic E-state index is -0.316. The summed E-state index contributed by atoms with van der Waals surface area (Å²) in [6, 6.07) is 4.36. The summed E-state index contributed by atoms with van der Waals surface area (Å²) < 4.78 is 13.4. The average Bonchev–Trinajstić information content (AvgIpc) is 3.00. The van der Waals surface area contributed by atoms with Gasteiger partial charge in [0, 0.05) is 23.7 Å². The molecule has 1 aliphatic rings. The molecule has 1 amide bonds. The molecule has 140 valence electrons. The molecule has 0 bridgehead atoms. The lowest BCUT2D eigenvalue weighted by atomic mass is 10.1. The smallest absolute Gasteiger partial charge is 0.257 e. The molecule has 0 aliphatic carbocycles. The van der Waals surface area contributed by atoms with E-state index in [4.69, 9.17) is 0 Å². The summed E-state index contributed by atoms with van der Waals surface area (Å²) in [5.74, 6) is 0.315. The fraction of sp³-hybridized carbons (Fsp3) is 0.350. The number of nitrogens with zero attached hydrogens (tertiary/aromatic N) is 3. The van der Waals surface area contributed by atoms with Crippen LogP contribution in [0.15, 0.2) is 24.5 Å². The molecule has 27 heavy (non-hydrogen) atoms. The van der Waals surface area contributed by atoms with E-state index in [1.54, 1.807) is 19.3 Å². The van der Waals surface area contributed by atoms with Crippen LogP contribution in [0.25, 0.3) is 10.2 Å². The van der Waals surface area contributed by atoms with Crippen molar-refractivity contribution in [3.05, 3.63) is 46.3 Å². The second-order valence-corrected chi connectivity index (χ2v) is 8.07. The van der Waals surface area contributed by atoms with Crippen molar-refractivity contribution in [1.82, 2.24) is 9.97 Å². The number of piperidine rings is 1. The summed E-state index contributed by atoms with van der Waals surface area (Å²) in [5.41, 5.74) is 1.91. The average molecular weight is 384 g/mol. The Labute approximate surface area is 161 Å². The van der Waals surface area contributed by atoms with E-state index in [2.05, 4.69) is 20.2 Å². The van der Waals surface area contributed by atoms with Crippen molar-refractivity contribution in [2.24, 2.45) is 0 Å². The number of aromatic nitrogens is 2. The van der Waals surface area contributed by atoms with Crippen LogP contribution in [0, 0.1) is 19.7 Å². The van der Waals surface area contributed by atoms with Crippen LogP contribution in [0.1, 0.15) is 40.1 Å². The van der Waals surface area contributed by atoms with E-state index < -0.39 is 0 Å². The predicted molar refractivity (Wildman–Crippen MR) is 107 cm³/mol. The second kappa shape index (κ2) is 7.23. The molecule has 4 rings (SSSR count). The lowest BCUT2D eigenvalue weighted by Crippen LogP contribution is -2.30. The second-order valence-electron chi connectivity index (χ2n) is 6.87. The molecule has 0 radical (unpaired) electrons. The Balaban J connectivity index is 1.76. The summed E-state index contributed by atoms with van der Waals surface area (Å²) in [4.78, 5) is 26.0. The monoisotopic (exact) mass is 384 g/mol. The summed E-state index contributed by atoms with van der Waals surface area (Å²) in [6.45, 7) is 5.59. The summed E-state index contributed by atoms with van der Waals surface area (Å²) in [7, 11) is 0. The van der Waals surface area contributed by atoms with Crippen LogP contribution in [0.2, 0.25) is 0 Å². The van der Waals surface area contributed by atoms with Crippen molar-refractivity contribution in [3.63, 3.8) is 0 Å². The third kappa shape index (κ3) is 3.39. The summed E-state index contributed by atoms with van der Waals surface area (Å²) in [5, 5.41) is 3.75. The molecule has 1 N–H and O–H groups in total. The van der Waals surface area contributed by atoms with E-state index in [1.807, 2.05) is 6.92 Å². The van der Waals surface area contributed by atoms with Crippen LogP contribution >= 0.6 is 11.3 Å². The Morgan fingerprint density at radius 2 is 1.96 bits per heavy atom. The fourth-order valence-corrected chi connectivity index (χ4v) is 4.58. The molecule has 1 aliphatic heterocycles. The van der Waals surface area contributed by atoms with E-state index in [0.717, 1.165) is 46.8 Å². The molecule has 0 atom stereocenters. The molecule has 1 saturated heterocycles. The molecule has 3 heterocycles. The molecule has 5 nitrogen and oxygen atoms in total. The zero-order valence-electron chi connectivity index (χ0n) is 15.4. The number of fused-ring (bicyclic) bond motifs is 1. The number of carbonyl (C=O) groups excluding carboxylic acids is 1. The minimum absolute atomic E-state index is 0.207. The number of halogens is 1. The molecule has 1 fully saturated rings. The van der Waals surface area contributed by atoms with Gasteiger partial charge in [0.2, 0.25) is 0 Å². The largest absolute Gasteiger partial charge is 0.356 e. The van der Waals surface area contributed by atoms with Gasteiger partial charge in [0.25, 0.3) is 5.91 Å². The maximum absolute atomic E-state index is 13.4. The SMILES string of the molecule is Cc1cc(F)ccc1NC(=O)c1c(C)sc2ncnc(N3CCCCC3)c12. The standard InChI is InChI=1S/C20H21FN4OS/c1-12-10-14(21)6-7-15(12)24-19(26)16-13(2)27-20-17(16)18(22-11-23-20)25-8-4-3-5-9-25/h6-7,10-11H,3-5,8-9H2,1-2H3,(H,24,26). The number of anilines is 2. The molecule has 0 spiro atoms. The lowest BCUT2D eigenvalue weighted by molar-refractivity contribution is 0.102. The molecule has 1 aromatic carbocycles. The number of hydrogen-bond donors (Lipinski definition) is 1. The van der Waals surface area contributed by atoms with E-state index in [9.17, 15) is 9.18 Å². The Bertz CT molecular complexity index is 1010. The van der Waals surface area contributed by atoms with Gasteiger partial charge in [-0.1, -0.05) is 0 Å². The lowest BCUT2D eigenvalue weighted by Gasteiger charge is -2.28. The molecule has 3 aromatic rings. The van der Waals surface area contributed by atoms with Gasteiger partial charge in [-0.05, 0) is 56.9 Å². The Morgan fingerprint density at radius 1 is 1.19 bits per heavy atom. The van der Waals surface area contributed by atoms with Gasteiger partial charge in [-0.15, -0.1) is 11.3 Å². The van der Waals surface area contributed by atoms with Gasteiger partial charge in [0.1, 0.15) is 22.8 Å². The maximum Gasteiger partial charge on any atom is 0.257 e. The third-order valence-corrected chi connectivity index (χ3v) is 5.98. The molecular formula is C20H21FN4OS. The highest BCUT2D eigenvalue weighted by Crippen LogP contribution is 2.36. The Morgan fingerprint density at radius 3 is 2.70 bits per heavy atom. The molecule has 0 unspecified atom stereocenters. The van der Waals surface area contributed by atoms with Crippen molar-refractivity contribution in [2.45, 2.75) is 33.1 Å². The van der Waals surface area contributed by atoms with E-state index >= 15 is 0 Å². The highest BCUT2D eigenvalue weighted by atomic mass is 32.1. The third-order valence-electron chi connectivity index (χ3n) is 4.96. The first-order valence-corrected chi connectivity index (χ1v) is 9.93. The Kier molecular flexibility index (Phi) is 4.78. The highest BCUT2D eigenvalue weighted by molar-refractivity contribution is 7.19. The number of aryl methyl sites for hydroxylation is 2. The van der Waals surface area contributed by atoms with Gasteiger partial charge in [-0.3, -0.25) is 4.79 Å². The summed E-state index contributed by atoms with van der Waals surface area (Å²) >= 11 is 1.50. The predicted octanol–water partition coefficient (Wildman–Crippen LogP) is 4.69. The van der Waals surface area contributed by atoms with Gasteiger partial charge in [-0.2, -0.15) is 0 Å². The topological polar surface area (TPSA) is 58.1 Å². The number of nitrogens with one attached hydrogen (secondary N) is 1. The molecule has 0 saturated carbocycles. The zero-order chi connectivity index (χ0) is 19.0. The zero-order valence-corrected chi connectivity index (χ0v) is 16.2. The normalized spacial score (nSPS) is 14.6.